The van der Waals surface area contributed by atoms with Crippen LogP contribution in [0.3, 0.4) is 0 Å². The van der Waals surface area contributed by atoms with E-state index in [1.807, 2.05) is 13.8 Å². The minimum atomic E-state index is -0.475. The lowest BCUT2D eigenvalue weighted by atomic mass is 9.90. The third-order valence-corrected chi connectivity index (χ3v) is 2.50. The van der Waals surface area contributed by atoms with Gasteiger partial charge < -0.3 is 4.79 Å². The van der Waals surface area contributed by atoms with E-state index in [1.54, 1.807) is 6.07 Å². The van der Waals surface area contributed by atoms with Crippen molar-refractivity contribution in [3.8, 4) is 0 Å². The van der Waals surface area contributed by atoms with E-state index in [0.717, 1.165) is 6.29 Å². The molecule has 0 aliphatic carbocycles. The summed E-state index contributed by atoms with van der Waals surface area (Å²) < 4.78 is 13.1. The van der Waals surface area contributed by atoms with Gasteiger partial charge in [-0.05, 0) is 23.6 Å². The summed E-state index contributed by atoms with van der Waals surface area (Å²) >= 11 is 5.54. The number of rotatable bonds is 3. The molecule has 0 heterocycles. The predicted molar refractivity (Wildman–Crippen MR) is 55.1 cm³/mol. The van der Waals surface area contributed by atoms with Crippen LogP contribution in [-0.4, -0.2) is 6.29 Å². The first-order valence-corrected chi connectivity index (χ1v) is 4.84. The summed E-state index contributed by atoms with van der Waals surface area (Å²) in [5.74, 6) is -0.577. The van der Waals surface area contributed by atoms with Crippen LogP contribution < -0.4 is 0 Å². The smallest absolute Gasteiger partial charge is 0.142 e. The molecule has 1 aromatic rings. The first kappa shape index (κ1) is 11.2. The second-order valence-electron chi connectivity index (χ2n) is 3.58. The Morgan fingerprint density at radius 1 is 1.43 bits per heavy atom. The molecule has 0 amide bonds. The van der Waals surface area contributed by atoms with Crippen LogP contribution in [0.25, 0.3) is 0 Å². The van der Waals surface area contributed by atoms with E-state index in [9.17, 15) is 9.18 Å². The van der Waals surface area contributed by atoms with Crippen molar-refractivity contribution in [3.63, 3.8) is 0 Å². The van der Waals surface area contributed by atoms with Gasteiger partial charge in [0.2, 0.25) is 0 Å². The molecule has 0 aliphatic heterocycles. The van der Waals surface area contributed by atoms with E-state index >= 15 is 0 Å². The minimum Gasteiger partial charge on any atom is -0.303 e. The standard InChI is InChI=1S/C11H12ClFO/c1-7(2)9(6-14)8-3-4-10(12)11(13)5-8/h3-7,9H,1-2H3. The molecule has 3 heteroatoms. The van der Waals surface area contributed by atoms with Crippen molar-refractivity contribution in [1.82, 2.24) is 0 Å². The number of hydrogen-bond donors (Lipinski definition) is 0. The highest BCUT2D eigenvalue weighted by atomic mass is 35.5. The molecule has 1 unspecified atom stereocenters. The van der Waals surface area contributed by atoms with E-state index in [4.69, 9.17) is 11.6 Å². The average molecular weight is 215 g/mol. The summed E-state index contributed by atoms with van der Waals surface area (Å²) in [7, 11) is 0. The zero-order valence-corrected chi connectivity index (χ0v) is 8.88. The van der Waals surface area contributed by atoms with Crippen molar-refractivity contribution in [2.45, 2.75) is 19.8 Å². The lowest BCUT2D eigenvalue weighted by Crippen LogP contribution is -2.08. The van der Waals surface area contributed by atoms with Gasteiger partial charge in [0, 0.05) is 5.92 Å². The van der Waals surface area contributed by atoms with Crippen molar-refractivity contribution in [3.05, 3.63) is 34.6 Å². The molecule has 1 rings (SSSR count). The van der Waals surface area contributed by atoms with Crippen LogP contribution in [0.2, 0.25) is 5.02 Å². The van der Waals surface area contributed by atoms with Crippen molar-refractivity contribution in [1.29, 1.82) is 0 Å². The lowest BCUT2D eigenvalue weighted by molar-refractivity contribution is -0.109. The van der Waals surface area contributed by atoms with Crippen molar-refractivity contribution in [2.75, 3.05) is 0 Å². The van der Waals surface area contributed by atoms with Crippen LogP contribution >= 0.6 is 11.6 Å². The van der Waals surface area contributed by atoms with Gasteiger partial charge in [-0.15, -0.1) is 0 Å². The normalized spacial score (nSPS) is 12.9. The number of aldehydes is 1. The molecule has 0 N–H and O–H groups in total. The summed E-state index contributed by atoms with van der Waals surface area (Å²) in [4.78, 5) is 10.8. The summed E-state index contributed by atoms with van der Waals surface area (Å²) in [6.07, 6.45) is 0.841. The van der Waals surface area contributed by atoms with Crippen LogP contribution in [0.1, 0.15) is 25.3 Å². The summed E-state index contributed by atoms with van der Waals surface area (Å²) in [5, 5.41) is 0.0853. The molecule has 1 aromatic carbocycles. The summed E-state index contributed by atoms with van der Waals surface area (Å²) in [6, 6.07) is 4.48. The van der Waals surface area contributed by atoms with Gasteiger partial charge in [-0.3, -0.25) is 0 Å². The summed E-state index contributed by atoms with van der Waals surface area (Å²) in [6.45, 7) is 3.84. The number of carbonyl (C=O) groups excluding carboxylic acids is 1. The maximum atomic E-state index is 13.1. The molecule has 0 aromatic heterocycles. The van der Waals surface area contributed by atoms with Crippen LogP contribution in [0, 0.1) is 11.7 Å². The fourth-order valence-corrected chi connectivity index (χ4v) is 1.46. The number of benzene rings is 1. The summed E-state index contributed by atoms with van der Waals surface area (Å²) in [5.41, 5.74) is 0.678. The van der Waals surface area contributed by atoms with E-state index in [2.05, 4.69) is 0 Å². The second kappa shape index (κ2) is 4.56. The molecule has 76 valence electrons. The second-order valence-corrected chi connectivity index (χ2v) is 3.99. The lowest BCUT2D eigenvalue weighted by Gasteiger charge is -2.14. The highest BCUT2D eigenvalue weighted by molar-refractivity contribution is 6.30. The van der Waals surface area contributed by atoms with Crippen LogP contribution in [0.5, 0.6) is 0 Å². The highest BCUT2D eigenvalue weighted by Crippen LogP contribution is 2.25. The molecule has 0 saturated heterocycles. The molecule has 0 radical (unpaired) electrons. The molecule has 0 spiro atoms. The molecule has 0 saturated carbocycles. The first-order chi connectivity index (χ1) is 6.56. The van der Waals surface area contributed by atoms with Crippen molar-refractivity contribution in [2.24, 2.45) is 5.92 Å². The Morgan fingerprint density at radius 3 is 2.50 bits per heavy atom. The molecule has 0 aliphatic rings. The highest BCUT2D eigenvalue weighted by Gasteiger charge is 2.15. The molecule has 1 nitrogen and oxygen atoms in total. The van der Waals surface area contributed by atoms with Crippen LogP contribution in [0.4, 0.5) is 4.39 Å². The van der Waals surface area contributed by atoms with Crippen LogP contribution in [-0.2, 0) is 4.79 Å². The Morgan fingerprint density at radius 2 is 2.07 bits per heavy atom. The van der Waals surface area contributed by atoms with E-state index in [1.165, 1.54) is 12.1 Å². The van der Waals surface area contributed by atoms with E-state index < -0.39 is 5.82 Å². The molecule has 0 fully saturated rings. The van der Waals surface area contributed by atoms with Gasteiger partial charge in [-0.1, -0.05) is 31.5 Å². The van der Waals surface area contributed by atoms with Gasteiger partial charge in [-0.2, -0.15) is 0 Å². The molecular weight excluding hydrogens is 203 g/mol. The van der Waals surface area contributed by atoms with Gasteiger partial charge >= 0.3 is 0 Å². The van der Waals surface area contributed by atoms with Gasteiger partial charge in [0.05, 0.1) is 5.02 Å². The Bertz CT molecular complexity index is 336. The van der Waals surface area contributed by atoms with Gasteiger partial charge in [0.15, 0.2) is 0 Å². The molecule has 1 atom stereocenters. The van der Waals surface area contributed by atoms with Crippen molar-refractivity contribution < 1.29 is 9.18 Å². The number of halogens is 2. The SMILES string of the molecule is CC(C)C(C=O)c1ccc(Cl)c(F)c1. The predicted octanol–water partition coefficient (Wildman–Crippen LogP) is 3.42. The average Bonchev–Trinajstić information content (AvgIpc) is 2.11. The Kier molecular flexibility index (Phi) is 3.64. The van der Waals surface area contributed by atoms with Gasteiger partial charge in [0.1, 0.15) is 12.1 Å². The van der Waals surface area contributed by atoms with E-state index in [0.29, 0.717) is 5.56 Å². The third-order valence-electron chi connectivity index (χ3n) is 2.19. The third kappa shape index (κ3) is 2.32. The van der Waals surface area contributed by atoms with Gasteiger partial charge in [-0.25, -0.2) is 4.39 Å². The fourth-order valence-electron chi connectivity index (χ4n) is 1.34. The maximum absolute atomic E-state index is 13.1. The number of hydrogen-bond acceptors (Lipinski definition) is 1. The molecule has 14 heavy (non-hydrogen) atoms. The fraction of sp³-hybridized carbons (Fsp3) is 0.364. The Balaban J connectivity index is 3.05. The number of carbonyl (C=O) groups is 1. The molecular formula is C11H12ClFO. The van der Waals surface area contributed by atoms with Crippen LogP contribution in [0.15, 0.2) is 18.2 Å². The topological polar surface area (TPSA) is 17.1 Å². The zero-order valence-electron chi connectivity index (χ0n) is 8.13. The quantitative estimate of drug-likeness (QED) is 0.705. The maximum Gasteiger partial charge on any atom is 0.142 e. The monoisotopic (exact) mass is 214 g/mol. The van der Waals surface area contributed by atoms with E-state index in [-0.39, 0.29) is 16.9 Å². The molecule has 0 bridgehead atoms. The zero-order chi connectivity index (χ0) is 10.7. The van der Waals surface area contributed by atoms with Crippen molar-refractivity contribution >= 4 is 17.9 Å². The van der Waals surface area contributed by atoms with Gasteiger partial charge in [0.25, 0.3) is 0 Å². The first-order valence-electron chi connectivity index (χ1n) is 4.46. The minimum absolute atomic E-state index is 0.0853. The Labute approximate surface area is 87.9 Å². The largest absolute Gasteiger partial charge is 0.303 e. The Hall–Kier alpha value is -0.890.